The van der Waals surface area contributed by atoms with Crippen LogP contribution in [0.25, 0.3) is 22.2 Å². The molecule has 2 aromatic heterocycles. The summed E-state index contributed by atoms with van der Waals surface area (Å²) in [6.07, 6.45) is 1.25. The lowest BCUT2D eigenvalue weighted by Crippen LogP contribution is -2.27. The number of fused-ring (bicyclic) bond motifs is 1. The summed E-state index contributed by atoms with van der Waals surface area (Å²) < 4.78 is 1.11. The molecule has 2 heterocycles. The summed E-state index contributed by atoms with van der Waals surface area (Å²) in [6, 6.07) is 11.7. The highest BCUT2D eigenvalue weighted by Gasteiger charge is 2.14. The Morgan fingerprint density at radius 3 is 2.73 bits per heavy atom. The lowest BCUT2D eigenvalue weighted by atomic mass is 10.1. The van der Waals surface area contributed by atoms with E-state index in [4.69, 9.17) is 0 Å². The molecule has 0 radical (unpaired) electrons. The Kier molecular flexibility index (Phi) is 5.07. The van der Waals surface area contributed by atoms with Crippen LogP contribution < -0.4 is 10.9 Å². The van der Waals surface area contributed by atoms with Gasteiger partial charge in [0, 0.05) is 23.1 Å². The fraction of sp³-hybridized carbons (Fsp3) is 0.100. The fourth-order valence-corrected chi connectivity index (χ4v) is 3.61. The van der Waals surface area contributed by atoms with Crippen LogP contribution in [-0.2, 0) is 11.3 Å². The Bertz CT molecular complexity index is 1330. The molecule has 0 aliphatic carbocycles. The molecule has 0 atom stereocenters. The third-order valence-electron chi connectivity index (χ3n) is 4.43. The molecule has 0 saturated heterocycles. The molecule has 10 heteroatoms. The van der Waals surface area contributed by atoms with Gasteiger partial charge < -0.3 is 5.32 Å². The highest BCUT2D eigenvalue weighted by atomic mass is 32.1. The summed E-state index contributed by atoms with van der Waals surface area (Å²) in [5.74, 6) is -0.450. The van der Waals surface area contributed by atoms with Gasteiger partial charge in [0.15, 0.2) is 5.13 Å². The van der Waals surface area contributed by atoms with Crippen LogP contribution in [0, 0.1) is 17.0 Å². The smallest absolute Gasteiger partial charge is 0.270 e. The standard InChI is InChI=1S/C20H15N5O4S/c1-12-2-4-13(5-3-12)17-10-30-20(22-17)23-18(26)9-24-11-21-16-7-6-14(25(28)29)8-15(16)19(24)27/h2-8,10-11H,9H2,1H3,(H,22,23,26). The van der Waals surface area contributed by atoms with Crippen molar-refractivity contribution in [2.45, 2.75) is 13.5 Å². The van der Waals surface area contributed by atoms with E-state index in [1.165, 1.54) is 29.8 Å². The Morgan fingerprint density at radius 1 is 1.23 bits per heavy atom. The van der Waals surface area contributed by atoms with Gasteiger partial charge >= 0.3 is 0 Å². The van der Waals surface area contributed by atoms with Crippen LogP contribution in [0.15, 0.2) is 59.0 Å². The summed E-state index contributed by atoms with van der Waals surface area (Å²) in [4.78, 5) is 43.9. The molecular formula is C20H15N5O4S. The van der Waals surface area contributed by atoms with Crippen LogP contribution in [0.2, 0.25) is 0 Å². The second kappa shape index (κ2) is 7.84. The average molecular weight is 421 g/mol. The van der Waals surface area contributed by atoms with Gasteiger partial charge in [0.05, 0.1) is 27.8 Å². The summed E-state index contributed by atoms with van der Waals surface area (Å²) in [6.45, 7) is 1.71. The Morgan fingerprint density at radius 2 is 2.00 bits per heavy atom. The van der Waals surface area contributed by atoms with Gasteiger partial charge in [-0.2, -0.15) is 0 Å². The molecule has 150 valence electrons. The number of thiazole rings is 1. The molecule has 0 aliphatic heterocycles. The van der Waals surface area contributed by atoms with E-state index >= 15 is 0 Å². The number of non-ortho nitro benzene ring substituents is 1. The number of anilines is 1. The second-order valence-electron chi connectivity index (χ2n) is 6.59. The molecule has 0 aliphatic rings. The van der Waals surface area contributed by atoms with Crippen molar-refractivity contribution in [3.63, 3.8) is 0 Å². The number of nitro groups is 1. The Labute approximate surface area is 173 Å². The lowest BCUT2D eigenvalue weighted by molar-refractivity contribution is -0.384. The highest BCUT2D eigenvalue weighted by Crippen LogP contribution is 2.25. The molecule has 30 heavy (non-hydrogen) atoms. The minimum absolute atomic E-state index is 0.0791. The first kappa shape index (κ1) is 19.4. The summed E-state index contributed by atoms with van der Waals surface area (Å²) >= 11 is 1.28. The monoisotopic (exact) mass is 421 g/mol. The maximum absolute atomic E-state index is 12.6. The van der Waals surface area contributed by atoms with E-state index in [1.54, 1.807) is 0 Å². The minimum atomic E-state index is -0.586. The minimum Gasteiger partial charge on any atom is -0.300 e. The first-order valence-electron chi connectivity index (χ1n) is 8.87. The van der Waals surface area contributed by atoms with Crippen molar-refractivity contribution in [2.24, 2.45) is 0 Å². The van der Waals surface area contributed by atoms with Gasteiger partial charge in [-0.1, -0.05) is 29.8 Å². The summed E-state index contributed by atoms with van der Waals surface area (Å²) in [5.41, 5.74) is 2.40. The number of nitro benzene ring substituents is 1. The van der Waals surface area contributed by atoms with Crippen molar-refractivity contribution in [2.75, 3.05) is 5.32 Å². The molecule has 4 aromatic rings. The SMILES string of the molecule is Cc1ccc(-c2csc(NC(=O)Cn3cnc4ccc([N+](=O)[O-])cc4c3=O)n2)cc1. The average Bonchev–Trinajstić information content (AvgIpc) is 3.18. The number of carbonyl (C=O) groups excluding carboxylic acids is 1. The molecule has 1 amide bonds. The number of hydrogen-bond donors (Lipinski definition) is 1. The lowest BCUT2D eigenvalue weighted by Gasteiger charge is -2.06. The van der Waals surface area contributed by atoms with Gasteiger partial charge in [0.2, 0.25) is 5.91 Å². The molecule has 0 bridgehead atoms. The van der Waals surface area contributed by atoms with Gasteiger partial charge in [-0.15, -0.1) is 11.3 Å². The zero-order chi connectivity index (χ0) is 21.3. The number of amides is 1. The third kappa shape index (κ3) is 3.94. The molecule has 1 N–H and O–H groups in total. The Balaban J connectivity index is 1.52. The van der Waals surface area contributed by atoms with Crippen LogP contribution in [0.5, 0.6) is 0 Å². The van der Waals surface area contributed by atoms with E-state index in [1.807, 2.05) is 36.6 Å². The van der Waals surface area contributed by atoms with Crippen LogP contribution in [0.4, 0.5) is 10.8 Å². The number of rotatable bonds is 5. The van der Waals surface area contributed by atoms with E-state index in [0.29, 0.717) is 10.6 Å². The number of hydrogen-bond acceptors (Lipinski definition) is 7. The van der Waals surface area contributed by atoms with E-state index in [-0.39, 0.29) is 17.6 Å². The number of aryl methyl sites for hydroxylation is 1. The van der Waals surface area contributed by atoms with Gasteiger partial charge in [0.25, 0.3) is 11.2 Å². The highest BCUT2D eigenvalue weighted by molar-refractivity contribution is 7.14. The molecule has 0 spiro atoms. The maximum Gasteiger partial charge on any atom is 0.270 e. The van der Waals surface area contributed by atoms with Crippen molar-refractivity contribution >= 4 is 39.0 Å². The second-order valence-corrected chi connectivity index (χ2v) is 7.45. The molecule has 4 rings (SSSR count). The summed E-state index contributed by atoms with van der Waals surface area (Å²) in [7, 11) is 0. The van der Waals surface area contributed by atoms with Crippen LogP contribution in [-0.4, -0.2) is 25.4 Å². The molecular weight excluding hydrogens is 406 g/mol. The predicted molar refractivity (Wildman–Crippen MR) is 114 cm³/mol. The van der Waals surface area contributed by atoms with Gasteiger partial charge in [-0.05, 0) is 13.0 Å². The van der Waals surface area contributed by atoms with E-state index in [0.717, 1.165) is 27.5 Å². The van der Waals surface area contributed by atoms with Crippen molar-refractivity contribution in [3.05, 3.63) is 80.2 Å². The van der Waals surface area contributed by atoms with Gasteiger partial charge in [0.1, 0.15) is 6.54 Å². The fourth-order valence-electron chi connectivity index (χ4n) is 2.87. The van der Waals surface area contributed by atoms with Crippen molar-refractivity contribution in [1.29, 1.82) is 0 Å². The van der Waals surface area contributed by atoms with Crippen molar-refractivity contribution < 1.29 is 9.72 Å². The third-order valence-corrected chi connectivity index (χ3v) is 5.19. The topological polar surface area (TPSA) is 120 Å². The van der Waals surface area contributed by atoms with Crippen molar-refractivity contribution in [3.8, 4) is 11.3 Å². The normalized spacial score (nSPS) is 10.8. The van der Waals surface area contributed by atoms with Crippen LogP contribution in [0.3, 0.4) is 0 Å². The maximum atomic E-state index is 12.6. The largest absolute Gasteiger partial charge is 0.300 e. The summed E-state index contributed by atoms with van der Waals surface area (Å²) in [5, 5.41) is 15.9. The molecule has 2 aromatic carbocycles. The first-order chi connectivity index (χ1) is 14.4. The van der Waals surface area contributed by atoms with E-state index in [2.05, 4.69) is 15.3 Å². The molecule has 0 saturated carbocycles. The number of nitrogens with zero attached hydrogens (tertiary/aromatic N) is 4. The number of nitrogens with one attached hydrogen (secondary N) is 1. The first-order valence-corrected chi connectivity index (χ1v) is 9.75. The zero-order valence-electron chi connectivity index (χ0n) is 15.7. The van der Waals surface area contributed by atoms with Crippen molar-refractivity contribution in [1.82, 2.24) is 14.5 Å². The van der Waals surface area contributed by atoms with Crippen LogP contribution >= 0.6 is 11.3 Å². The van der Waals surface area contributed by atoms with E-state index in [9.17, 15) is 19.7 Å². The predicted octanol–water partition coefficient (Wildman–Crippen LogP) is 3.38. The van der Waals surface area contributed by atoms with E-state index < -0.39 is 16.4 Å². The number of aromatic nitrogens is 3. The molecule has 9 nitrogen and oxygen atoms in total. The number of carbonyl (C=O) groups is 1. The van der Waals surface area contributed by atoms with Gasteiger partial charge in [-0.25, -0.2) is 9.97 Å². The zero-order valence-corrected chi connectivity index (χ0v) is 16.5. The Hall–Kier alpha value is -3.92. The number of benzene rings is 2. The van der Waals surface area contributed by atoms with Gasteiger partial charge in [-0.3, -0.25) is 24.3 Å². The quantitative estimate of drug-likeness (QED) is 0.390. The molecule has 0 fully saturated rings. The van der Waals surface area contributed by atoms with Crippen LogP contribution in [0.1, 0.15) is 5.56 Å². The molecule has 0 unspecified atom stereocenters.